The molecule has 3 heterocycles. The van der Waals surface area contributed by atoms with Crippen LogP contribution in [0.3, 0.4) is 0 Å². The van der Waals surface area contributed by atoms with E-state index in [-0.39, 0.29) is 29.5 Å². The second-order valence-electron chi connectivity index (χ2n) is 12.1. The number of carbonyl (C=O) groups is 3. The molecule has 3 aromatic rings. The van der Waals surface area contributed by atoms with Crippen molar-refractivity contribution < 1.29 is 23.9 Å². The molecular formula is C35H37N3O6. The summed E-state index contributed by atoms with van der Waals surface area (Å²) >= 11 is 0. The Morgan fingerprint density at radius 2 is 1.68 bits per heavy atom. The van der Waals surface area contributed by atoms with Gasteiger partial charge in [-0.15, -0.1) is 0 Å². The van der Waals surface area contributed by atoms with E-state index in [2.05, 4.69) is 17.1 Å². The molecule has 1 amide bonds. The molecule has 1 aliphatic carbocycles. The van der Waals surface area contributed by atoms with Gasteiger partial charge in [-0.2, -0.15) is 0 Å². The van der Waals surface area contributed by atoms with Gasteiger partial charge in [-0.25, -0.2) is 0 Å². The van der Waals surface area contributed by atoms with E-state index in [1.54, 1.807) is 30.7 Å². The average molecular weight is 596 g/mol. The molecule has 1 saturated carbocycles. The first-order valence-corrected chi connectivity index (χ1v) is 15.0. The number of carbonyl (C=O) groups excluding carboxylic acids is 3. The van der Waals surface area contributed by atoms with Gasteiger partial charge in [0.05, 0.1) is 32.2 Å². The molecule has 1 unspecified atom stereocenters. The number of benzene rings is 2. The fourth-order valence-corrected chi connectivity index (χ4v) is 6.56. The summed E-state index contributed by atoms with van der Waals surface area (Å²) in [7, 11) is 5.06. The zero-order chi connectivity index (χ0) is 31.1. The molecule has 2 aliphatic heterocycles. The second-order valence-corrected chi connectivity index (χ2v) is 12.1. The zero-order valence-electron chi connectivity index (χ0n) is 25.6. The largest absolute Gasteiger partial charge is 0.496 e. The molecule has 6 rings (SSSR count). The predicted octanol–water partition coefficient (Wildman–Crippen LogP) is 4.17. The van der Waals surface area contributed by atoms with Crippen molar-refractivity contribution in [2.24, 2.45) is 13.0 Å². The number of hydrogen-bond acceptors (Lipinski definition) is 7. The van der Waals surface area contributed by atoms with Gasteiger partial charge in [0, 0.05) is 62.9 Å². The quantitative estimate of drug-likeness (QED) is 0.361. The number of pyridine rings is 1. The van der Waals surface area contributed by atoms with Crippen LogP contribution in [0.25, 0.3) is 17.2 Å². The van der Waals surface area contributed by atoms with Crippen molar-refractivity contribution in [3.63, 3.8) is 0 Å². The van der Waals surface area contributed by atoms with Crippen molar-refractivity contribution in [2.75, 3.05) is 27.3 Å². The Hall–Kier alpha value is -4.50. The summed E-state index contributed by atoms with van der Waals surface area (Å²) in [5.41, 5.74) is 5.99. The Kier molecular flexibility index (Phi) is 7.98. The minimum Gasteiger partial charge on any atom is -0.496 e. The maximum Gasteiger partial charge on any atom is 0.255 e. The van der Waals surface area contributed by atoms with Crippen LogP contribution in [0.4, 0.5) is 0 Å². The van der Waals surface area contributed by atoms with Crippen molar-refractivity contribution in [3.05, 3.63) is 86.8 Å². The normalized spacial score (nSPS) is 19.0. The summed E-state index contributed by atoms with van der Waals surface area (Å²) in [6.07, 6.45) is 6.77. The first-order valence-electron chi connectivity index (χ1n) is 15.0. The highest BCUT2D eigenvalue weighted by molar-refractivity contribution is 6.07. The lowest BCUT2D eigenvalue weighted by molar-refractivity contribution is -0.133. The number of methoxy groups -OCH3 is 2. The number of aromatic nitrogens is 1. The fraction of sp³-hybridized carbons (Fsp3) is 0.371. The number of ketones is 2. The van der Waals surface area contributed by atoms with Crippen molar-refractivity contribution in [2.45, 2.75) is 45.3 Å². The molecule has 1 saturated heterocycles. The Balaban J connectivity index is 1.10. The Morgan fingerprint density at radius 1 is 0.955 bits per heavy atom. The van der Waals surface area contributed by atoms with E-state index in [0.29, 0.717) is 43.0 Å². The second kappa shape index (κ2) is 11.9. The first kappa shape index (κ1) is 29.6. The molecule has 0 radical (unpaired) electrons. The maximum atomic E-state index is 13.2. The molecule has 2 aromatic carbocycles. The molecule has 9 nitrogen and oxygen atoms in total. The highest BCUT2D eigenvalue weighted by atomic mass is 16.5. The Bertz CT molecular complexity index is 1700. The predicted molar refractivity (Wildman–Crippen MR) is 167 cm³/mol. The van der Waals surface area contributed by atoms with Gasteiger partial charge in [-0.3, -0.25) is 24.1 Å². The monoisotopic (exact) mass is 595 g/mol. The Morgan fingerprint density at radius 3 is 2.34 bits per heavy atom. The molecule has 1 aromatic heterocycles. The van der Waals surface area contributed by atoms with E-state index in [9.17, 15) is 19.2 Å². The van der Waals surface area contributed by atoms with Gasteiger partial charge in [0.1, 0.15) is 17.3 Å². The molecule has 44 heavy (non-hydrogen) atoms. The van der Waals surface area contributed by atoms with E-state index in [0.717, 1.165) is 52.4 Å². The number of Topliss-reactive ketones (excluding diaryl/α,β-unsaturated/α-hetero) is 2. The van der Waals surface area contributed by atoms with E-state index in [1.165, 1.54) is 0 Å². The number of amides is 1. The summed E-state index contributed by atoms with van der Waals surface area (Å²) in [5, 5.41) is 0. The molecule has 1 atom stereocenters. The minimum absolute atomic E-state index is 0.0194. The van der Waals surface area contributed by atoms with E-state index >= 15 is 0 Å². The third-order valence-corrected chi connectivity index (χ3v) is 9.01. The average Bonchev–Trinajstić information content (AvgIpc) is 3.31. The van der Waals surface area contributed by atoms with Crippen LogP contribution in [0.2, 0.25) is 0 Å². The van der Waals surface area contributed by atoms with Crippen molar-refractivity contribution >= 4 is 23.5 Å². The van der Waals surface area contributed by atoms with Gasteiger partial charge in [0.2, 0.25) is 0 Å². The molecule has 0 bridgehead atoms. The third kappa shape index (κ3) is 5.59. The summed E-state index contributed by atoms with van der Waals surface area (Å²) in [5.74, 6) is 1.53. The number of aryl methyl sites for hydroxylation is 2. The van der Waals surface area contributed by atoms with Crippen LogP contribution in [0, 0.1) is 12.8 Å². The highest BCUT2D eigenvalue weighted by Gasteiger charge is 2.39. The number of rotatable bonds is 8. The number of fused-ring (bicyclic) bond motifs is 1. The lowest BCUT2D eigenvalue weighted by atomic mass is 9.92. The van der Waals surface area contributed by atoms with E-state index < -0.39 is 6.04 Å². The molecule has 0 spiro atoms. The van der Waals surface area contributed by atoms with Gasteiger partial charge >= 0.3 is 0 Å². The number of nitrogens with zero attached hydrogens (tertiary/aromatic N) is 3. The third-order valence-electron chi connectivity index (χ3n) is 9.01. The topological polar surface area (TPSA) is 98.2 Å². The lowest BCUT2D eigenvalue weighted by Gasteiger charge is -2.38. The van der Waals surface area contributed by atoms with Crippen LogP contribution in [0.15, 0.2) is 53.5 Å². The summed E-state index contributed by atoms with van der Waals surface area (Å²) in [4.78, 5) is 53.4. The number of hydrogen-bond donors (Lipinski definition) is 0. The summed E-state index contributed by atoms with van der Waals surface area (Å²) in [6.45, 7) is 4.67. The van der Waals surface area contributed by atoms with E-state index in [1.807, 2.05) is 49.5 Å². The standard InChI is InChI=1S/C35H37N3O6/c1-21-11-26(18-36(2)34(21)41)25-13-32(43-3)29(33(14-25)44-4)20-37-16-23(17-37)6-5-22-7-8-24-19-38(35(42)28(24)12-22)30-10-9-27(39)15-31(30)40/h5-8,11-14,18,23,30H,9-10,15-17,19-20H2,1-4H3/b6-5+. The fourth-order valence-electron chi connectivity index (χ4n) is 6.56. The first-order chi connectivity index (χ1) is 21.1. The lowest BCUT2D eigenvalue weighted by Crippen LogP contribution is -2.44. The summed E-state index contributed by atoms with van der Waals surface area (Å²) < 4.78 is 13.2. The molecular weight excluding hydrogens is 558 g/mol. The van der Waals surface area contributed by atoms with Crippen LogP contribution in [-0.2, 0) is 29.7 Å². The van der Waals surface area contributed by atoms with Crippen molar-refractivity contribution in [1.29, 1.82) is 0 Å². The highest BCUT2D eigenvalue weighted by Crippen LogP contribution is 2.37. The molecule has 228 valence electrons. The van der Waals surface area contributed by atoms with Gasteiger partial charge in [0.15, 0.2) is 5.78 Å². The van der Waals surface area contributed by atoms with Crippen molar-refractivity contribution in [1.82, 2.24) is 14.4 Å². The minimum atomic E-state index is -0.501. The number of likely N-dealkylation sites (tertiary alicyclic amines) is 1. The molecule has 3 aliphatic rings. The Labute approximate surface area is 256 Å². The van der Waals surface area contributed by atoms with Crippen LogP contribution < -0.4 is 15.0 Å². The van der Waals surface area contributed by atoms with Crippen LogP contribution in [0.1, 0.15) is 51.9 Å². The number of ether oxygens (including phenoxy) is 2. The van der Waals surface area contributed by atoms with Crippen LogP contribution >= 0.6 is 0 Å². The van der Waals surface area contributed by atoms with Gasteiger partial charge in [-0.05, 0) is 59.9 Å². The van der Waals surface area contributed by atoms with Crippen LogP contribution in [-0.4, -0.2) is 65.2 Å². The zero-order valence-corrected chi connectivity index (χ0v) is 25.6. The summed E-state index contributed by atoms with van der Waals surface area (Å²) in [6, 6.07) is 11.3. The van der Waals surface area contributed by atoms with E-state index in [4.69, 9.17) is 9.47 Å². The molecule has 0 N–H and O–H groups in total. The van der Waals surface area contributed by atoms with Gasteiger partial charge < -0.3 is 18.9 Å². The van der Waals surface area contributed by atoms with Crippen LogP contribution in [0.5, 0.6) is 11.5 Å². The SMILES string of the molecule is COc1cc(-c2cc(C)c(=O)n(C)c2)cc(OC)c1CN1CC(/C=C/c2ccc3c(c2)C(=O)N(C2CCC(=O)CC2=O)C3)C1. The smallest absolute Gasteiger partial charge is 0.255 e. The maximum absolute atomic E-state index is 13.2. The molecule has 9 heteroatoms. The molecule has 2 fully saturated rings. The van der Waals surface area contributed by atoms with Gasteiger partial charge in [-0.1, -0.05) is 24.3 Å². The van der Waals surface area contributed by atoms with Crippen molar-refractivity contribution in [3.8, 4) is 22.6 Å². The van der Waals surface area contributed by atoms with Gasteiger partial charge in [0.25, 0.3) is 11.5 Å².